The molecule has 1 aromatic rings. The summed E-state index contributed by atoms with van der Waals surface area (Å²) < 4.78 is 13.6. The maximum atomic E-state index is 13.6. The highest BCUT2D eigenvalue weighted by atomic mass is 19.1. The maximum Gasteiger partial charge on any atom is 0.126 e. The van der Waals surface area contributed by atoms with E-state index in [0.29, 0.717) is 5.41 Å². The molecule has 2 heteroatoms. The van der Waals surface area contributed by atoms with Gasteiger partial charge in [-0.3, -0.25) is 0 Å². The standard InChI is InChI=1S/C14H18FN/c15-13-4-2-1-3-11(13)9-14-7-5-12(6-8-14)16-10-14/h1-4,12,16H,5-10H2. The first-order valence-electron chi connectivity index (χ1n) is 6.24. The first-order valence-corrected chi connectivity index (χ1v) is 6.24. The fourth-order valence-electron chi connectivity index (χ4n) is 3.26. The smallest absolute Gasteiger partial charge is 0.126 e. The average Bonchev–Trinajstić information content (AvgIpc) is 2.34. The van der Waals surface area contributed by atoms with Crippen LogP contribution in [-0.2, 0) is 6.42 Å². The molecule has 2 heterocycles. The summed E-state index contributed by atoms with van der Waals surface area (Å²) in [7, 11) is 0. The molecule has 0 radical (unpaired) electrons. The molecule has 4 rings (SSSR count). The molecule has 1 saturated carbocycles. The predicted molar refractivity (Wildman–Crippen MR) is 62.8 cm³/mol. The Hall–Kier alpha value is -0.890. The number of rotatable bonds is 2. The minimum atomic E-state index is -0.0374. The zero-order chi connectivity index (χ0) is 11.0. The van der Waals surface area contributed by atoms with Crippen molar-refractivity contribution in [3.8, 4) is 0 Å². The van der Waals surface area contributed by atoms with E-state index < -0.39 is 0 Å². The van der Waals surface area contributed by atoms with Gasteiger partial charge >= 0.3 is 0 Å². The minimum Gasteiger partial charge on any atom is -0.313 e. The van der Waals surface area contributed by atoms with Crippen LogP contribution < -0.4 is 5.32 Å². The summed E-state index contributed by atoms with van der Waals surface area (Å²) in [6, 6.07) is 7.96. The Morgan fingerprint density at radius 3 is 2.62 bits per heavy atom. The molecule has 16 heavy (non-hydrogen) atoms. The van der Waals surface area contributed by atoms with Crippen molar-refractivity contribution in [2.45, 2.75) is 38.1 Å². The van der Waals surface area contributed by atoms with E-state index in [2.05, 4.69) is 5.32 Å². The SMILES string of the molecule is Fc1ccccc1CC12CCC(CC1)NC2. The van der Waals surface area contributed by atoms with Gasteiger partial charge in [0, 0.05) is 12.6 Å². The number of fused-ring (bicyclic) bond motifs is 3. The molecule has 2 aliphatic heterocycles. The van der Waals surface area contributed by atoms with Crippen LogP contribution >= 0.6 is 0 Å². The van der Waals surface area contributed by atoms with Crippen molar-refractivity contribution >= 4 is 0 Å². The lowest BCUT2D eigenvalue weighted by Crippen LogP contribution is -2.52. The second kappa shape index (κ2) is 3.85. The van der Waals surface area contributed by atoms with Crippen molar-refractivity contribution in [2.24, 2.45) is 5.41 Å². The predicted octanol–water partition coefficient (Wildman–Crippen LogP) is 2.90. The maximum absolute atomic E-state index is 13.6. The molecule has 0 unspecified atom stereocenters. The third kappa shape index (κ3) is 1.75. The lowest BCUT2D eigenvalue weighted by molar-refractivity contribution is 0.0953. The summed E-state index contributed by atoms with van der Waals surface area (Å²) >= 11 is 0. The van der Waals surface area contributed by atoms with Crippen molar-refractivity contribution in [1.29, 1.82) is 0 Å². The first-order chi connectivity index (χ1) is 7.77. The van der Waals surface area contributed by atoms with Gasteiger partial charge < -0.3 is 5.32 Å². The summed E-state index contributed by atoms with van der Waals surface area (Å²) in [6.45, 7) is 1.08. The Labute approximate surface area is 96.1 Å². The quantitative estimate of drug-likeness (QED) is 0.806. The molecular weight excluding hydrogens is 201 g/mol. The highest BCUT2D eigenvalue weighted by Gasteiger charge is 2.40. The number of nitrogens with one attached hydrogen (secondary N) is 1. The van der Waals surface area contributed by atoms with E-state index in [1.54, 1.807) is 12.1 Å². The number of piperidine rings is 2. The van der Waals surface area contributed by atoms with Crippen molar-refractivity contribution < 1.29 is 4.39 Å². The largest absolute Gasteiger partial charge is 0.313 e. The molecule has 1 aromatic carbocycles. The molecule has 0 atom stereocenters. The Morgan fingerprint density at radius 2 is 2.00 bits per heavy atom. The topological polar surface area (TPSA) is 12.0 Å². The third-order valence-corrected chi connectivity index (χ3v) is 4.34. The van der Waals surface area contributed by atoms with Crippen LogP contribution in [0.4, 0.5) is 4.39 Å². The Kier molecular flexibility index (Phi) is 2.47. The monoisotopic (exact) mass is 219 g/mol. The number of hydrogen-bond donors (Lipinski definition) is 1. The van der Waals surface area contributed by atoms with Crippen LogP contribution in [0.3, 0.4) is 0 Å². The first kappa shape index (κ1) is 10.3. The Morgan fingerprint density at radius 1 is 1.25 bits per heavy atom. The number of benzene rings is 1. The fraction of sp³-hybridized carbons (Fsp3) is 0.571. The Bertz CT molecular complexity index is 366. The van der Waals surface area contributed by atoms with Crippen LogP contribution in [0.1, 0.15) is 31.2 Å². The molecular formula is C14H18FN. The molecule has 1 aliphatic carbocycles. The summed E-state index contributed by atoms with van der Waals surface area (Å²) in [4.78, 5) is 0. The lowest BCUT2D eigenvalue weighted by Gasteiger charge is -2.47. The van der Waals surface area contributed by atoms with Gasteiger partial charge in [-0.15, -0.1) is 0 Å². The number of halogens is 1. The third-order valence-electron chi connectivity index (χ3n) is 4.34. The van der Waals surface area contributed by atoms with Gasteiger partial charge in [0.1, 0.15) is 5.82 Å². The van der Waals surface area contributed by atoms with E-state index in [-0.39, 0.29) is 5.82 Å². The fourth-order valence-corrected chi connectivity index (χ4v) is 3.26. The van der Waals surface area contributed by atoms with Gasteiger partial charge in [0.05, 0.1) is 0 Å². The van der Waals surface area contributed by atoms with Crippen LogP contribution in [0.2, 0.25) is 0 Å². The second-order valence-electron chi connectivity index (χ2n) is 5.42. The van der Waals surface area contributed by atoms with Gasteiger partial charge in [-0.2, -0.15) is 0 Å². The molecule has 3 fully saturated rings. The van der Waals surface area contributed by atoms with E-state index >= 15 is 0 Å². The molecule has 0 aromatic heterocycles. The molecule has 1 nitrogen and oxygen atoms in total. The van der Waals surface area contributed by atoms with Crippen LogP contribution in [0, 0.1) is 11.2 Å². The van der Waals surface area contributed by atoms with E-state index in [4.69, 9.17) is 0 Å². The van der Waals surface area contributed by atoms with Crippen molar-refractivity contribution in [2.75, 3.05) is 6.54 Å². The highest BCUT2D eigenvalue weighted by molar-refractivity contribution is 5.20. The van der Waals surface area contributed by atoms with Crippen LogP contribution in [-0.4, -0.2) is 12.6 Å². The average molecular weight is 219 g/mol. The van der Waals surface area contributed by atoms with Crippen molar-refractivity contribution in [1.82, 2.24) is 5.32 Å². The summed E-state index contributed by atoms with van der Waals surface area (Å²) in [6.07, 6.45) is 5.97. The Balaban J connectivity index is 1.81. The molecule has 86 valence electrons. The highest BCUT2D eigenvalue weighted by Crippen LogP contribution is 2.42. The zero-order valence-corrected chi connectivity index (χ0v) is 9.51. The van der Waals surface area contributed by atoms with Gasteiger partial charge in [-0.05, 0) is 49.1 Å². The van der Waals surface area contributed by atoms with Crippen molar-refractivity contribution in [3.05, 3.63) is 35.6 Å². The zero-order valence-electron chi connectivity index (χ0n) is 9.51. The summed E-state index contributed by atoms with van der Waals surface area (Å²) in [5, 5.41) is 3.58. The summed E-state index contributed by atoms with van der Waals surface area (Å²) in [5.74, 6) is -0.0374. The van der Waals surface area contributed by atoms with E-state index in [1.807, 2.05) is 12.1 Å². The van der Waals surface area contributed by atoms with Crippen LogP contribution in [0.25, 0.3) is 0 Å². The second-order valence-corrected chi connectivity index (χ2v) is 5.42. The molecule has 3 aliphatic rings. The van der Waals surface area contributed by atoms with Gasteiger partial charge in [0.25, 0.3) is 0 Å². The molecule has 2 bridgehead atoms. The van der Waals surface area contributed by atoms with E-state index in [9.17, 15) is 4.39 Å². The molecule has 0 spiro atoms. The van der Waals surface area contributed by atoms with Crippen LogP contribution in [0.15, 0.2) is 24.3 Å². The summed E-state index contributed by atoms with van der Waals surface area (Å²) in [5.41, 5.74) is 1.22. The molecule has 0 amide bonds. The van der Waals surface area contributed by atoms with Crippen LogP contribution in [0.5, 0.6) is 0 Å². The van der Waals surface area contributed by atoms with E-state index in [0.717, 1.165) is 24.6 Å². The normalized spacial score (nSPS) is 32.9. The number of hydrogen-bond acceptors (Lipinski definition) is 1. The van der Waals surface area contributed by atoms with Gasteiger partial charge in [0.2, 0.25) is 0 Å². The van der Waals surface area contributed by atoms with Gasteiger partial charge in [0.15, 0.2) is 0 Å². The lowest BCUT2D eigenvalue weighted by atomic mass is 9.66. The van der Waals surface area contributed by atoms with Gasteiger partial charge in [-0.1, -0.05) is 18.2 Å². The van der Waals surface area contributed by atoms with Gasteiger partial charge in [-0.25, -0.2) is 4.39 Å². The van der Waals surface area contributed by atoms with E-state index in [1.165, 1.54) is 25.7 Å². The molecule has 1 N–H and O–H groups in total. The molecule has 2 saturated heterocycles. The minimum absolute atomic E-state index is 0.0374. The van der Waals surface area contributed by atoms with Crippen molar-refractivity contribution in [3.63, 3.8) is 0 Å².